The number of allylic oxidation sites excluding steroid dienone is 2. The van der Waals surface area contributed by atoms with Gasteiger partial charge < -0.3 is 5.73 Å². The Labute approximate surface area is 155 Å². The van der Waals surface area contributed by atoms with Gasteiger partial charge in [0.1, 0.15) is 11.4 Å². The molecule has 0 saturated carbocycles. The number of thioether (sulfide) groups is 1. The van der Waals surface area contributed by atoms with Crippen LogP contribution in [0.5, 0.6) is 0 Å². The lowest BCUT2D eigenvalue weighted by atomic mass is 10.0. The van der Waals surface area contributed by atoms with Gasteiger partial charge in [0.2, 0.25) is 0 Å². The van der Waals surface area contributed by atoms with Crippen molar-refractivity contribution in [3.8, 4) is 0 Å². The highest BCUT2D eigenvalue weighted by atomic mass is 35.5. The molecule has 0 spiro atoms. The van der Waals surface area contributed by atoms with Gasteiger partial charge in [0.25, 0.3) is 0 Å². The van der Waals surface area contributed by atoms with Crippen LogP contribution in [-0.2, 0) is 0 Å². The molecular formula is C18H20ClFN2S2. The van der Waals surface area contributed by atoms with Crippen LogP contribution in [0.2, 0.25) is 0 Å². The number of hydrogen-bond acceptors (Lipinski definition) is 4. The first kappa shape index (κ1) is 19.0. The van der Waals surface area contributed by atoms with E-state index in [2.05, 4.69) is 13.2 Å². The third-order valence-corrected chi connectivity index (χ3v) is 5.71. The molecule has 0 saturated heterocycles. The molecule has 2 N–H and O–H groups in total. The molecule has 0 aromatic carbocycles. The van der Waals surface area contributed by atoms with Gasteiger partial charge in [-0.3, -0.25) is 0 Å². The fourth-order valence-electron chi connectivity index (χ4n) is 2.28. The molecule has 0 amide bonds. The SMILES string of the molecule is C=CSC(=C)/C(N)=C(/N=C1C=C(Cl)C(C)(F)CCC1)c1cccs1. The van der Waals surface area contributed by atoms with Crippen LogP contribution in [0.25, 0.3) is 5.70 Å². The molecule has 1 aliphatic carbocycles. The Morgan fingerprint density at radius 2 is 2.33 bits per heavy atom. The van der Waals surface area contributed by atoms with Gasteiger partial charge in [-0.15, -0.1) is 11.3 Å². The van der Waals surface area contributed by atoms with Crippen LogP contribution < -0.4 is 5.73 Å². The van der Waals surface area contributed by atoms with E-state index >= 15 is 0 Å². The van der Waals surface area contributed by atoms with E-state index in [1.54, 1.807) is 22.8 Å². The minimum Gasteiger partial charge on any atom is -0.396 e. The van der Waals surface area contributed by atoms with Gasteiger partial charge in [-0.1, -0.05) is 42.6 Å². The highest BCUT2D eigenvalue weighted by Gasteiger charge is 2.29. The summed E-state index contributed by atoms with van der Waals surface area (Å²) in [4.78, 5) is 6.31. The van der Waals surface area contributed by atoms with Crippen molar-refractivity contribution in [2.24, 2.45) is 10.7 Å². The largest absolute Gasteiger partial charge is 0.396 e. The quantitative estimate of drug-likeness (QED) is 0.612. The molecular weight excluding hydrogens is 363 g/mol. The zero-order valence-electron chi connectivity index (χ0n) is 13.5. The molecule has 6 heteroatoms. The number of hydrogen-bond donors (Lipinski definition) is 1. The third-order valence-electron chi connectivity index (χ3n) is 3.66. The van der Waals surface area contributed by atoms with Gasteiger partial charge in [0.15, 0.2) is 0 Å². The van der Waals surface area contributed by atoms with E-state index in [4.69, 9.17) is 22.3 Å². The number of nitrogens with two attached hydrogens (primary N) is 1. The van der Waals surface area contributed by atoms with Crippen LogP contribution in [-0.4, -0.2) is 11.4 Å². The van der Waals surface area contributed by atoms with Gasteiger partial charge in [0.05, 0.1) is 15.6 Å². The summed E-state index contributed by atoms with van der Waals surface area (Å²) in [5.74, 6) is 0. The second kappa shape index (κ2) is 8.19. The van der Waals surface area contributed by atoms with Crippen molar-refractivity contribution in [1.82, 2.24) is 0 Å². The maximum absolute atomic E-state index is 14.4. The summed E-state index contributed by atoms with van der Waals surface area (Å²) in [5, 5.41) is 3.81. The Morgan fingerprint density at radius 1 is 1.58 bits per heavy atom. The lowest BCUT2D eigenvalue weighted by molar-refractivity contribution is 0.232. The molecule has 1 aliphatic rings. The molecule has 1 atom stereocenters. The average Bonchev–Trinajstić information content (AvgIpc) is 3.01. The first-order chi connectivity index (χ1) is 11.3. The monoisotopic (exact) mass is 382 g/mol. The van der Waals surface area contributed by atoms with Gasteiger partial charge in [-0.25, -0.2) is 9.38 Å². The topological polar surface area (TPSA) is 38.4 Å². The summed E-state index contributed by atoms with van der Waals surface area (Å²) in [5.41, 5.74) is 6.63. The molecule has 0 bridgehead atoms. The molecule has 1 aromatic heterocycles. The van der Waals surface area contributed by atoms with Crippen molar-refractivity contribution in [2.75, 3.05) is 0 Å². The van der Waals surface area contributed by atoms with Crippen LogP contribution in [0.1, 0.15) is 31.1 Å². The van der Waals surface area contributed by atoms with E-state index in [1.165, 1.54) is 18.7 Å². The lowest BCUT2D eigenvalue weighted by Crippen LogP contribution is -2.16. The Bertz CT molecular complexity index is 715. The minimum absolute atomic E-state index is 0.183. The lowest BCUT2D eigenvalue weighted by Gasteiger charge is -2.16. The van der Waals surface area contributed by atoms with Crippen LogP contribution in [0.4, 0.5) is 4.39 Å². The molecule has 1 unspecified atom stereocenters. The van der Waals surface area contributed by atoms with Crippen LogP contribution >= 0.6 is 34.7 Å². The molecule has 0 aliphatic heterocycles. The zero-order valence-corrected chi connectivity index (χ0v) is 15.9. The Morgan fingerprint density at radius 3 is 2.96 bits per heavy atom. The highest BCUT2D eigenvalue weighted by molar-refractivity contribution is 8.06. The normalized spacial score (nSPS) is 24.1. The number of thiophene rings is 1. The maximum Gasteiger partial charge on any atom is 0.143 e. The summed E-state index contributed by atoms with van der Waals surface area (Å²) >= 11 is 9.03. The molecule has 1 heterocycles. The summed E-state index contributed by atoms with van der Waals surface area (Å²) in [7, 11) is 0. The Balaban J connectivity index is 2.49. The van der Waals surface area contributed by atoms with E-state index < -0.39 is 5.67 Å². The fourth-order valence-corrected chi connectivity index (χ4v) is 3.65. The predicted octanol–water partition coefficient (Wildman–Crippen LogP) is 6.24. The molecule has 1 aromatic rings. The molecule has 2 rings (SSSR count). The van der Waals surface area contributed by atoms with Gasteiger partial charge in [-0.05, 0) is 49.1 Å². The summed E-state index contributed by atoms with van der Waals surface area (Å²) in [6.45, 7) is 9.15. The third kappa shape index (κ3) is 4.62. The molecule has 24 heavy (non-hydrogen) atoms. The Kier molecular flexibility index (Phi) is 6.49. The first-order valence-electron chi connectivity index (χ1n) is 7.50. The molecule has 2 nitrogen and oxygen atoms in total. The Hall–Kier alpha value is -1.30. The van der Waals surface area contributed by atoms with Crippen molar-refractivity contribution < 1.29 is 4.39 Å². The number of rotatable bonds is 5. The number of alkyl halides is 1. The minimum atomic E-state index is -1.50. The van der Waals surface area contributed by atoms with Crippen molar-refractivity contribution in [2.45, 2.75) is 31.9 Å². The van der Waals surface area contributed by atoms with E-state index in [0.29, 0.717) is 35.6 Å². The van der Waals surface area contributed by atoms with E-state index in [9.17, 15) is 4.39 Å². The van der Waals surface area contributed by atoms with Crippen molar-refractivity contribution in [3.63, 3.8) is 0 Å². The van der Waals surface area contributed by atoms with Gasteiger partial charge in [0, 0.05) is 10.6 Å². The molecule has 128 valence electrons. The number of aliphatic imine (C=N–C) groups is 1. The average molecular weight is 383 g/mol. The highest BCUT2D eigenvalue weighted by Crippen LogP contribution is 2.35. The van der Waals surface area contributed by atoms with E-state index in [-0.39, 0.29) is 5.03 Å². The van der Waals surface area contributed by atoms with Crippen molar-refractivity contribution in [1.29, 1.82) is 0 Å². The number of halogens is 2. The molecule has 0 fully saturated rings. The van der Waals surface area contributed by atoms with Crippen molar-refractivity contribution in [3.05, 3.63) is 62.7 Å². The summed E-state index contributed by atoms with van der Waals surface area (Å²) in [6.07, 6.45) is 3.34. The van der Waals surface area contributed by atoms with Crippen LogP contribution in [0, 0.1) is 0 Å². The molecule has 0 radical (unpaired) electrons. The van der Waals surface area contributed by atoms with Gasteiger partial charge in [-0.2, -0.15) is 0 Å². The van der Waals surface area contributed by atoms with Gasteiger partial charge >= 0.3 is 0 Å². The van der Waals surface area contributed by atoms with Crippen LogP contribution in [0.3, 0.4) is 0 Å². The second-order valence-electron chi connectivity index (χ2n) is 5.59. The first-order valence-corrected chi connectivity index (χ1v) is 9.63. The number of nitrogens with zero attached hydrogens (tertiary/aromatic N) is 1. The fraction of sp³-hybridized carbons (Fsp3) is 0.278. The maximum atomic E-state index is 14.4. The zero-order chi connectivity index (χ0) is 17.7. The van der Waals surface area contributed by atoms with Crippen molar-refractivity contribution >= 4 is 46.1 Å². The second-order valence-corrected chi connectivity index (χ2v) is 8.01. The summed E-state index contributed by atoms with van der Waals surface area (Å²) < 4.78 is 14.4. The standard InChI is InChI=1S/C18H20ClFN2S2/c1-4-23-12(2)16(21)17(14-8-6-10-24-14)22-13-7-5-9-18(3,20)15(19)11-13/h4,6,8,10-11H,1-2,5,7,9,21H2,3H3/b17-16-,22-13?. The van der Waals surface area contributed by atoms with E-state index in [1.807, 2.05) is 17.5 Å². The van der Waals surface area contributed by atoms with Crippen LogP contribution in [0.15, 0.2) is 62.8 Å². The van der Waals surface area contributed by atoms with E-state index in [0.717, 1.165) is 10.6 Å². The summed E-state index contributed by atoms with van der Waals surface area (Å²) in [6, 6.07) is 3.88. The predicted molar refractivity (Wildman–Crippen MR) is 107 cm³/mol. The smallest absolute Gasteiger partial charge is 0.143 e.